The van der Waals surface area contributed by atoms with Gasteiger partial charge in [-0.05, 0) is 29.8 Å². The number of fused-ring (bicyclic) bond motifs is 2. The zero-order chi connectivity index (χ0) is 20.1. The van der Waals surface area contributed by atoms with Crippen LogP contribution in [0.1, 0.15) is 16.4 Å². The lowest BCUT2D eigenvalue weighted by Crippen LogP contribution is -2.32. The molecule has 1 aromatic heterocycles. The van der Waals surface area contributed by atoms with Crippen molar-refractivity contribution >= 4 is 40.6 Å². The number of hydrogen-bond donors (Lipinski definition) is 1. The summed E-state index contributed by atoms with van der Waals surface area (Å²) in [7, 11) is 1.57. The number of amides is 2. The van der Waals surface area contributed by atoms with Gasteiger partial charge in [0.15, 0.2) is 0 Å². The Labute approximate surface area is 174 Å². The second kappa shape index (κ2) is 6.89. The molecule has 0 spiro atoms. The van der Waals surface area contributed by atoms with Crippen LogP contribution in [0.2, 0.25) is 0 Å². The van der Waals surface area contributed by atoms with E-state index >= 15 is 0 Å². The second-order valence-corrected chi connectivity index (χ2v) is 9.04. The molecule has 29 heavy (non-hydrogen) atoms. The minimum absolute atomic E-state index is 0.171. The van der Waals surface area contributed by atoms with Crippen molar-refractivity contribution in [2.75, 3.05) is 12.0 Å². The van der Waals surface area contributed by atoms with Crippen LogP contribution in [-0.2, 0) is 9.59 Å². The minimum Gasteiger partial charge on any atom is -0.497 e. The lowest BCUT2D eigenvalue weighted by atomic mass is 9.83. The van der Waals surface area contributed by atoms with Crippen LogP contribution in [0.3, 0.4) is 0 Å². The molecule has 0 radical (unpaired) electrons. The summed E-state index contributed by atoms with van der Waals surface area (Å²) >= 11 is 2.40. The summed E-state index contributed by atoms with van der Waals surface area (Å²) in [4.78, 5) is 43.5. The summed E-state index contributed by atoms with van der Waals surface area (Å²) in [6, 6.07) is 16.5. The van der Waals surface area contributed by atoms with Gasteiger partial charge in [0, 0.05) is 10.8 Å². The van der Waals surface area contributed by atoms with Crippen molar-refractivity contribution in [1.29, 1.82) is 0 Å². The van der Waals surface area contributed by atoms with Crippen LogP contribution < -0.4 is 14.5 Å². The van der Waals surface area contributed by atoms with E-state index in [0.29, 0.717) is 16.5 Å². The van der Waals surface area contributed by atoms with Gasteiger partial charge in [-0.1, -0.05) is 53.4 Å². The van der Waals surface area contributed by atoms with Gasteiger partial charge in [0.25, 0.3) is 0 Å². The molecule has 2 aliphatic heterocycles. The Bertz CT molecular complexity index is 1150. The fourth-order valence-electron chi connectivity index (χ4n) is 4.02. The van der Waals surface area contributed by atoms with Crippen molar-refractivity contribution in [1.82, 2.24) is 4.98 Å². The van der Waals surface area contributed by atoms with E-state index in [1.807, 2.05) is 30.3 Å². The van der Waals surface area contributed by atoms with Crippen molar-refractivity contribution in [3.8, 4) is 5.75 Å². The summed E-state index contributed by atoms with van der Waals surface area (Å²) in [6.07, 6.45) is 0. The Hall–Kier alpha value is -2.84. The Morgan fingerprint density at radius 1 is 0.966 bits per heavy atom. The largest absolute Gasteiger partial charge is 0.497 e. The molecule has 0 aliphatic carbocycles. The number of H-pyrrole nitrogens is 1. The topological polar surface area (TPSA) is 79.5 Å². The van der Waals surface area contributed by atoms with Crippen molar-refractivity contribution in [3.63, 3.8) is 0 Å². The van der Waals surface area contributed by atoms with Crippen molar-refractivity contribution in [2.45, 2.75) is 16.2 Å². The monoisotopic (exact) mass is 424 g/mol. The van der Waals surface area contributed by atoms with E-state index in [4.69, 9.17) is 4.74 Å². The second-order valence-electron chi connectivity index (χ2n) is 6.87. The summed E-state index contributed by atoms with van der Waals surface area (Å²) < 4.78 is 5.17. The maximum Gasteiger partial charge on any atom is 0.305 e. The standard InChI is InChI=1S/C21H16N2O4S2/c1-27-13-9-7-12(8-10-13)23-19(24)15-14(11-5-3-2-4-6-11)16-18(22-21(26)29-16)28-17(15)20(23)25/h2-10,14-15,17H,1H3,(H,22,26). The number of methoxy groups -OCH3 is 1. The molecule has 2 amide bonds. The van der Waals surface area contributed by atoms with Crippen molar-refractivity contribution in [2.24, 2.45) is 5.92 Å². The SMILES string of the molecule is COc1ccc(N2C(=O)C3Sc4[nH]c(=O)sc4C(c4ccccc4)C3C2=O)cc1. The fraction of sp³-hybridized carbons (Fsp3) is 0.190. The predicted molar refractivity (Wildman–Crippen MR) is 112 cm³/mol. The molecule has 6 nitrogen and oxygen atoms in total. The van der Waals surface area contributed by atoms with Crippen LogP contribution in [0.25, 0.3) is 0 Å². The molecule has 0 saturated carbocycles. The minimum atomic E-state index is -0.576. The Kier molecular flexibility index (Phi) is 4.33. The number of thiazole rings is 1. The molecule has 5 rings (SSSR count). The number of carbonyl (C=O) groups excluding carboxylic acids is 2. The summed E-state index contributed by atoms with van der Waals surface area (Å²) in [5.74, 6) is -0.731. The smallest absolute Gasteiger partial charge is 0.305 e. The number of thioether (sulfide) groups is 1. The summed E-state index contributed by atoms with van der Waals surface area (Å²) in [5.41, 5.74) is 1.46. The number of benzene rings is 2. The fourth-order valence-corrected chi connectivity index (χ4v) is 6.54. The predicted octanol–water partition coefficient (Wildman–Crippen LogP) is 3.24. The lowest BCUT2D eigenvalue weighted by Gasteiger charge is -2.29. The molecule has 3 heterocycles. The first-order valence-corrected chi connectivity index (χ1v) is 10.7. The molecule has 1 saturated heterocycles. The number of rotatable bonds is 3. The molecule has 3 aromatic rings. The lowest BCUT2D eigenvalue weighted by molar-refractivity contribution is -0.122. The van der Waals surface area contributed by atoms with Crippen LogP contribution in [0.4, 0.5) is 5.69 Å². The third kappa shape index (κ3) is 2.82. The highest BCUT2D eigenvalue weighted by Gasteiger charge is 2.56. The number of aromatic nitrogens is 1. The maximum atomic E-state index is 13.5. The maximum absolute atomic E-state index is 13.5. The highest BCUT2D eigenvalue weighted by atomic mass is 32.2. The molecule has 0 bridgehead atoms. The van der Waals surface area contributed by atoms with Crippen LogP contribution >= 0.6 is 23.1 Å². The molecule has 1 fully saturated rings. The molecule has 2 aromatic carbocycles. The van der Waals surface area contributed by atoms with E-state index in [0.717, 1.165) is 21.8 Å². The van der Waals surface area contributed by atoms with Crippen molar-refractivity contribution in [3.05, 3.63) is 74.7 Å². The van der Waals surface area contributed by atoms with Gasteiger partial charge in [0.2, 0.25) is 11.8 Å². The van der Waals surface area contributed by atoms with Crippen molar-refractivity contribution < 1.29 is 14.3 Å². The van der Waals surface area contributed by atoms with E-state index < -0.39 is 11.2 Å². The Morgan fingerprint density at radius 2 is 1.69 bits per heavy atom. The van der Waals surface area contributed by atoms with Crippen LogP contribution in [0.5, 0.6) is 5.75 Å². The van der Waals surface area contributed by atoms with Gasteiger partial charge in [0.05, 0.1) is 23.7 Å². The number of ether oxygens (including phenoxy) is 1. The molecule has 8 heteroatoms. The number of nitrogens with one attached hydrogen (secondary N) is 1. The number of anilines is 1. The average molecular weight is 425 g/mol. The molecule has 3 unspecified atom stereocenters. The first kappa shape index (κ1) is 18.2. The summed E-state index contributed by atoms with van der Waals surface area (Å²) in [5, 5.41) is 0.111. The third-order valence-corrected chi connectivity index (χ3v) is 7.71. The van der Waals surface area contributed by atoms with E-state index in [1.54, 1.807) is 31.4 Å². The van der Waals surface area contributed by atoms with Gasteiger partial charge < -0.3 is 9.72 Å². The van der Waals surface area contributed by atoms with Gasteiger partial charge in [-0.15, -0.1) is 0 Å². The highest BCUT2D eigenvalue weighted by molar-refractivity contribution is 8.00. The van der Waals surface area contributed by atoms with Gasteiger partial charge in [-0.2, -0.15) is 0 Å². The van der Waals surface area contributed by atoms with E-state index in [9.17, 15) is 14.4 Å². The molecule has 146 valence electrons. The molecule has 3 atom stereocenters. The molecule has 2 aliphatic rings. The van der Waals surface area contributed by atoms with Crippen LogP contribution in [0, 0.1) is 5.92 Å². The zero-order valence-corrected chi connectivity index (χ0v) is 17.0. The van der Waals surface area contributed by atoms with Gasteiger partial charge >= 0.3 is 4.87 Å². The highest BCUT2D eigenvalue weighted by Crippen LogP contribution is 2.53. The number of carbonyl (C=O) groups is 2. The van der Waals surface area contributed by atoms with Gasteiger partial charge in [0.1, 0.15) is 11.0 Å². The van der Waals surface area contributed by atoms with Crippen LogP contribution in [0.15, 0.2) is 64.4 Å². The van der Waals surface area contributed by atoms with E-state index in [2.05, 4.69) is 4.98 Å². The number of aromatic amines is 1. The average Bonchev–Trinajstić information content (AvgIpc) is 3.23. The number of nitrogens with zero attached hydrogens (tertiary/aromatic N) is 1. The first-order valence-electron chi connectivity index (χ1n) is 9.05. The van der Waals surface area contributed by atoms with E-state index in [1.165, 1.54) is 16.7 Å². The van der Waals surface area contributed by atoms with Gasteiger partial charge in [-0.25, -0.2) is 4.90 Å². The molecular weight excluding hydrogens is 408 g/mol. The third-order valence-electron chi connectivity index (χ3n) is 5.31. The van der Waals surface area contributed by atoms with Crippen LogP contribution in [-0.4, -0.2) is 29.2 Å². The van der Waals surface area contributed by atoms with E-state index in [-0.39, 0.29) is 22.6 Å². The number of hydrogen-bond acceptors (Lipinski definition) is 6. The molecule has 1 N–H and O–H groups in total. The number of imide groups is 1. The Balaban J connectivity index is 1.62. The quantitative estimate of drug-likeness (QED) is 0.653. The molecular formula is C21H16N2O4S2. The van der Waals surface area contributed by atoms with Gasteiger partial charge in [-0.3, -0.25) is 14.4 Å². The first-order chi connectivity index (χ1) is 14.1. The summed E-state index contributed by atoms with van der Waals surface area (Å²) in [6.45, 7) is 0. The zero-order valence-electron chi connectivity index (χ0n) is 15.3. The normalized spacial score (nSPS) is 23.1. The Morgan fingerprint density at radius 3 is 2.38 bits per heavy atom.